The van der Waals surface area contributed by atoms with Crippen LogP contribution in [-0.2, 0) is 14.3 Å². The molecule has 7 heteroatoms. The standard InChI is InChI=1S/C30H41N3O4/c1-19(2)17-25(32-29(36)37-30(5,6)7)28(35)33(23-15-16-23)26(22-13-10-11-20(3)18-22)27(34)31-24-14-9-8-12-21(24)4/h8-14,18-19,23,25-26H,15-17H2,1-7H3,(H,31,34)(H,32,36). The van der Waals surface area contributed by atoms with Crippen LogP contribution in [0.1, 0.15) is 76.6 Å². The first-order valence-corrected chi connectivity index (χ1v) is 13.1. The summed E-state index contributed by atoms with van der Waals surface area (Å²) < 4.78 is 5.46. The molecular weight excluding hydrogens is 466 g/mol. The zero-order chi connectivity index (χ0) is 27.3. The lowest BCUT2D eigenvalue weighted by molar-refractivity contribution is -0.141. The lowest BCUT2D eigenvalue weighted by Gasteiger charge is -2.35. The Bertz CT molecular complexity index is 1120. The number of hydrogen-bond acceptors (Lipinski definition) is 4. The largest absolute Gasteiger partial charge is 0.444 e. The number of aryl methyl sites for hydroxylation is 2. The highest BCUT2D eigenvalue weighted by Gasteiger charge is 2.44. The summed E-state index contributed by atoms with van der Waals surface area (Å²) in [6.45, 7) is 13.3. The number of alkyl carbamates (subject to hydrolysis) is 1. The number of rotatable bonds is 9. The maximum atomic E-state index is 14.2. The smallest absolute Gasteiger partial charge is 0.408 e. The van der Waals surface area contributed by atoms with E-state index in [0.29, 0.717) is 12.1 Å². The summed E-state index contributed by atoms with van der Waals surface area (Å²) in [5.74, 6) is -0.405. The van der Waals surface area contributed by atoms with Crippen LogP contribution >= 0.6 is 0 Å². The number of benzene rings is 2. The van der Waals surface area contributed by atoms with Gasteiger partial charge in [0.25, 0.3) is 5.91 Å². The van der Waals surface area contributed by atoms with Crippen LogP contribution in [0.2, 0.25) is 0 Å². The van der Waals surface area contributed by atoms with Gasteiger partial charge in [-0.2, -0.15) is 0 Å². The minimum Gasteiger partial charge on any atom is -0.444 e. The zero-order valence-electron chi connectivity index (χ0n) is 23.1. The number of carbonyl (C=O) groups is 3. The second-order valence-corrected chi connectivity index (χ2v) is 11.4. The molecule has 0 aromatic heterocycles. The molecule has 0 aliphatic heterocycles. The predicted octanol–water partition coefficient (Wildman–Crippen LogP) is 5.91. The third-order valence-corrected chi connectivity index (χ3v) is 6.18. The van der Waals surface area contributed by atoms with E-state index in [9.17, 15) is 14.4 Å². The van der Waals surface area contributed by atoms with E-state index < -0.39 is 23.8 Å². The van der Waals surface area contributed by atoms with Gasteiger partial charge in [0.15, 0.2) is 0 Å². The Morgan fingerprint density at radius 1 is 1.03 bits per heavy atom. The average Bonchev–Trinajstić information content (AvgIpc) is 3.61. The Balaban J connectivity index is 1.99. The van der Waals surface area contributed by atoms with Gasteiger partial charge in [0.05, 0.1) is 0 Å². The van der Waals surface area contributed by atoms with Gasteiger partial charge in [0.2, 0.25) is 5.91 Å². The summed E-state index contributed by atoms with van der Waals surface area (Å²) in [5.41, 5.74) is 2.70. The molecule has 2 aromatic carbocycles. The fourth-order valence-corrected chi connectivity index (χ4v) is 4.39. The molecule has 0 heterocycles. The summed E-state index contributed by atoms with van der Waals surface area (Å²) >= 11 is 0. The Hall–Kier alpha value is -3.35. The third kappa shape index (κ3) is 8.07. The molecule has 0 saturated heterocycles. The number of ether oxygens (including phenoxy) is 1. The van der Waals surface area contributed by atoms with E-state index in [1.807, 2.05) is 76.2 Å². The van der Waals surface area contributed by atoms with Crippen molar-refractivity contribution in [2.24, 2.45) is 5.92 Å². The number of amides is 3. The first kappa shape index (κ1) is 28.2. The van der Waals surface area contributed by atoms with Crippen LogP contribution in [-0.4, -0.2) is 40.5 Å². The number of anilines is 1. The molecule has 1 aliphatic rings. The summed E-state index contributed by atoms with van der Waals surface area (Å²) in [6, 6.07) is 13.6. The summed E-state index contributed by atoms with van der Waals surface area (Å²) in [7, 11) is 0. The van der Waals surface area contributed by atoms with Crippen LogP contribution in [0.4, 0.5) is 10.5 Å². The van der Waals surface area contributed by atoms with Crippen LogP contribution in [0, 0.1) is 19.8 Å². The van der Waals surface area contributed by atoms with Crippen molar-refractivity contribution in [2.45, 2.75) is 91.5 Å². The number of carbonyl (C=O) groups excluding carboxylic acids is 3. The van der Waals surface area contributed by atoms with Gasteiger partial charge in [-0.15, -0.1) is 0 Å². The molecule has 200 valence electrons. The van der Waals surface area contributed by atoms with Gasteiger partial charge in [-0.1, -0.05) is 61.9 Å². The quantitative estimate of drug-likeness (QED) is 0.441. The van der Waals surface area contributed by atoms with Crippen molar-refractivity contribution < 1.29 is 19.1 Å². The Morgan fingerprint density at radius 3 is 2.27 bits per heavy atom. The summed E-state index contributed by atoms with van der Waals surface area (Å²) in [4.78, 5) is 42.4. The number of para-hydroxylation sites is 1. The minimum atomic E-state index is -0.838. The molecular formula is C30H41N3O4. The SMILES string of the molecule is Cc1cccc(C(C(=O)Nc2ccccc2C)N(C(=O)C(CC(C)C)NC(=O)OC(C)(C)C)C2CC2)c1. The highest BCUT2D eigenvalue weighted by Crippen LogP contribution is 2.37. The molecule has 1 fully saturated rings. The lowest BCUT2D eigenvalue weighted by Crippen LogP contribution is -2.53. The molecule has 2 aromatic rings. The van der Waals surface area contributed by atoms with Gasteiger partial charge in [-0.3, -0.25) is 9.59 Å². The number of nitrogens with zero attached hydrogens (tertiary/aromatic N) is 1. The second kappa shape index (κ2) is 11.8. The first-order chi connectivity index (χ1) is 17.4. The van der Waals surface area contributed by atoms with Crippen molar-refractivity contribution in [3.05, 3.63) is 65.2 Å². The Morgan fingerprint density at radius 2 is 1.70 bits per heavy atom. The zero-order valence-corrected chi connectivity index (χ0v) is 23.1. The molecule has 37 heavy (non-hydrogen) atoms. The van der Waals surface area contributed by atoms with Crippen molar-refractivity contribution in [1.82, 2.24) is 10.2 Å². The van der Waals surface area contributed by atoms with Crippen molar-refractivity contribution in [3.8, 4) is 0 Å². The lowest BCUT2D eigenvalue weighted by atomic mass is 9.98. The molecule has 0 bridgehead atoms. The van der Waals surface area contributed by atoms with Gasteiger partial charge in [-0.05, 0) is 77.0 Å². The van der Waals surface area contributed by atoms with Crippen LogP contribution in [0.25, 0.3) is 0 Å². The van der Waals surface area contributed by atoms with Crippen molar-refractivity contribution in [1.29, 1.82) is 0 Å². The minimum absolute atomic E-state index is 0.0734. The molecule has 7 nitrogen and oxygen atoms in total. The maximum absolute atomic E-state index is 14.2. The molecule has 2 N–H and O–H groups in total. The fourth-order valence-electron chi connectivity index (χ4n) is 4.39. The first-order valence-electron chi connectivity index (χ1n) is 13.1. The molecule has 1 saturated carbocycles. The normalized spacial score (nSPS) is 15.0. The molecule has 3 amide bonds. The molecule has 1 aliphatic carbocycles. The molecule has 0 spiro atoms. The van der Waals surface area contributed by atoms with Crippen LogP contribution in [0.15, 0.2) is 48.5 Å². The Labute approximate surface area is 221 Å². The van der Waals surface area contributed by atoms with Crippen molar-refractivity contribution in [3.63, 3.8) is 0 Å². The van der Waals surface area contributed by atoms with Crippen LogP contribution in [0.3, 0.4) is 0 Å². The molecule has 2 atom stereocenters. The summed E-state index contributed by atoms with van der Waals surface area (Å²) in [5, 5.41) is 5.85. The molecule has 0 radical (unpaired) electrons. The highest BCUT2D eigenvalue weighted by atomic mass is 16.6. The second-order valence-electron chi connectivity index (χ2n) is 11.4. The number of nitrogens with one attached hydrogen (secondary N) is 2. The monoisotopic (exact) mass is 507 g/mol. The van der Waals surface area contributed by atoms with Gasteiger partial charge >= 0.3 is 6.09 Å². The highest BCUT2D eigenvalue weighted by molar-refractivity contribution is 5.99. The van der Waals surface area contributed by atoms with Gasteiger partial charge in [-0.25, -0.2) is 4.79 Å². The molecule has 3 rings (SSSR count). The van der Waals surface area contributed by atoms with Crippen LogP contribution in [0.5, 0.6) is 0 Å². The van der Waals surface area contributed by atoms with Gasteiger partial charge < -0.3 is 20.3 Å². The van der Waals surface area contributed by atoms with E-state index in [1.54, 1.807) is 25.7 Å². The third-order valence-electron chi connectivity index (χ3n) is 6.18. The fraction of sp³-hybridized carbons (Fsp3) is 0.500. The van der Waals surface area contributed by atoms with Crippen molar-refractivity contribution >= 4 is 23.6 Å². The predicted molar refractivity (Wildman–Crippen MR) is 146 cm³/mol. The van der Waals surface area contributed by atoms with Crippen LogP contribution < -0.4 is 10.6 Å². The van der Waals surface area contributed by atoms with E-state index in [-0.39, 0.29) is 23.8 Å². The number of hydrogen-bond donors (Lipinski definition) is 2. The van der Waals surface area contributed by atoms with Gasteiger partial charge in [0.1, 0.15) is 17.7 Å². The molecule has 2 unspecified atom stereocenters. The van der Waals surface area contributed by atoms with E-state index >= 15 is 0 Å². The average molecular weight is 508 g/mol. The Kier molecular flexibility index (Phi) is 9.00. The van der Waals surface area contributed by atoms with Crippen molar-refractivity contribution in [2.75, 3.05) is 5.32 Å². The van der Waals surface area contributed by atoms with E-state index in [2.05, 4.69) is 10.6 Å². The van der Waals surface area contributed by atoms with Gasteiger partial charge in [0, 0.05) is 11.7 Å². The maximum Gasteiger partial charge on any atom is 0.408 e. The van der Waals surface area contributed by atoms with E-state index in [4.69, 9.17) is 4.74 Å². The topological polar surface area (TPSA) is 87.7 Å². The van der Waals surface area contributed by atoms with E-state index in [0.717, 1.165) is 29.5 Å². The summed E-state index contributed by atoms with van der Waals surface area (Å²) in [6.07, 6.45) is 1.42. The van der Waals surface area contributed by atoms with E-state index in [1.165, 1.54) is 0 Å².